The quantitative estimate of drug-likeness (QED) is 0.876. The zero-order valence-corrected chi connectivity index (χ0v) is 13.3. The minimum absolute atomic E-state index is 0.0330. The normalized spacial score (nSPS) is 12.1. The van der Waals surface area contributed by atoms with Crippen LogP contribution in [0.1, 0.15) is 25.0 Å². The number of nitrogens with zero attached hydrogens (tertiary/aromatic N) is 1. The molecule has 1 atom stereocenters. The predicted molar refractivity (Wildman–Crippen MR) is 83.7 cm³/mol. The molecule has 0 bridgehead atoms. The molecule has 116 valence electrons. The molecule has 2 amide bonds. The van der Waals surface area contributed by atoms with Gasteiger partial charge < -0.3 is 10.4 Å². The lowest BCUT2D eigenvalue weighted by molar-refractivity contribution is -0.142. The SMILES string of the molecule is Cc1cc(C)cc(N(C)C(=O)NCC(C(=O)O)C(C)C)c1. The second-order valence-electron chi connectivity index (χ2n) is 5.78. The van der Waals surface area contributed by atoms with Gasteiger partial charge in [0.1, 0.15) is 0 Å². The Morgan fingerprint density at radius 1 is 1.19 bits per heavy atom. The molecule has 0 saturated carbocycles. The number of amides is 2. The molecule has 0 aromatic heterocycles. The Kier molecular flexibility index (Phi) is 5.76. The number of carboxylic acids is 1. The Hall–Kier alpha value is -2.04. The smallest absolute Gasteiger partial charge is 0.321 e. The van der Waals surface area contributed by atoms with Gasteiger partial charge in [-0.2, -0.15) is 0 Å². The lowest BCUT2D eigenvalue weighted by Crippen LogP contribution is -2.42. The van der Waals surface area contributed by atoms with Crippen LogP contribution in [0.2, 0.25) is 0 Å². The molecule has 0 aliphatic heterocycles. The summed E-state index contributed by atoms with van der Waals surface area (Å²) in [4.78, 5) is 24.8. The van der Waals surface area contributed by atoms with Crippen molar-refractivity contribution in [3.05, 3.63) is 29.3 Å². The van der Waals surface area contributed by atoms with Gasteiger partial charge in [-0.15, -0.1) is 0 Å². The topological polar surface area (TPSA) is 69.6 Å². The van der Waals surface area contributed by atoms with Crippen molar-refractivity contribution in [1.82, 2.24) is 5.32 Å². The summed E-state index contributed by atoms with van der Waals surface area (Å²) in [6, 6.07) is 5.58. The second-order valence-corrected chi connectivity index (χ2v) is 5.78. The summed E-state index contributed by atoms with van der Waals surface area (Å²) >= 11 is 0. The van der Waals surface area contributed by atoms with Crippen LogP contribution in [0.4, 0.5) is 10.5 Å². The van der Waals surface area contributed by atoms with Gasteiger partial charge in [0.15, 0.2) is 0 Å². The Morgan fingerprint density at radius 2 is 1.71 bits per heavy atom. The molecule has 0 fully saturated rings. The first-order chi connectivity index (χ1) is 9.72. The maximum Gasteiger partial charge on any atom is 0.321 e. The fourth-order valence-electron chi connectivity index (χ4n) is 2.19. The lowest BCUT2D eigenvalue weighted by Gasteiger charge is -2.22. The molecule has 5 heteroatoms. The first kappa shape index (κ1) is 17.0. The largest absolute Gasteiger partial charge is 0.481 e. The van der Waals surface area contributed by atoms with Crippen molar-refractivity contribution in [3.8, 4) is 0 Å². The molecular weight excluding hydrogens is 268 g/mol. The molecule has 0 heterocycles. The summed E-state index contributed by atoms with van der Waals surface area (Å²) in [7, 11) is 1.68. The second kappa shape index (κ2) is 7.11. The van der Waals surface area contributed by atoms with Crippen molar-refractivity contribution in [2.24, 2.45) is 11.8 Å². The van der Waals surface area contributed by atoms with E-state index < -0.39 is 11.9 Å². The van der Waals surface area contributed by atoms with E-state index >= 15 is 0 Å². The summed E-state index contributed by atoms with van der Waals surface area (Å²) in [6.45, 7) is 7.74. The third-order valence-electron chi connectivity index (χ3n) is 3.49. The molecule has 1 rings (SSSR count). The van der Waals surface area contributed by atoms with Crippen LogP contribution in [-0.4, -0.2) is 30.7 Å². The number of nitrogens with one attached hydrogen (secondary N) is 1. The molecular formula is C16H24N2O3. The van der Waals surface area contributed by atoms with E-state index in [0.29, 0.717) is 0 Å². The molecule has 0 aliphatic rings. The molecule has 21 heavy (non-hydrogen) atoms. The van der Waals surface area contributed by atoms with Crippen molar-refractivity contribution >= 4 is 17.7 Å². The van der Waals surface area contributed by atoms with Crippen LogP contribution in [0.3, 0.4) is 0 Å². The number of hydrogen-bond donors (Lipinski definition) is 2. The standard InChI is InChI=1S/C16H24N2O3/c1-10(2)14(15(19)20)9-17-16(21)18(5)13-7-11(3)6-12(4)8-13/h6-8,10,14H,9H2,1-5H3,(H,17,21)(H,19,20). The average molecular weight is 292 g/mol. The van der Waals surface area contributed by atoms with Crippen molar-refractivity contribution in [2.45, 2.75) is 27.7 Å². The number of carboxylic acid groups (broad SMARTS) is 1. The molecule has 1 unspecified atom stereocenters. The number of carbonyl (C=O) groups is 2. The highest BCUT2D eigenvalue weighted by molar-refractivity contribution is 5.91. The summed E-state index contributed by atoms with van der Waals surface area (Å²) in [6.07, 6.45) is 0. The fraction of sp³-hybridized carbons (Fsp3) is 0.500. The number of benzene rings is 1. The van der Waals surface area contributed by atoms with Gasteiger partial charge in [-0.1, -0.05) is 19.9 Å². The van der Waals surface area contributed by atoms with Crippen LogP contribution >= 0.6 is 0 Å². The van der Waals surface area contributed by atoms with Crippen molar-refractivity contribution in [3.63, 3.8) is 0 Å². The van der Waals surface area contributed by atoms with Crippen molar-refractivity contribution in [1.29, 1.82) is 0 Å². The average Bonchev–Trinajstić information content (AvgIpc) is 2.35. The van der Waals surface area contributed by atoms with Crippen LogP contribution in [0.25, 0.3) is 0 Å². The number of anilines is 1. The summed E-state index contributed by atoms with van der Waals surface area (Å²) in [5.74, 6) is -1.50. The van der Waals surface area contributed by atoms with E-state index in [0.717, 1.165) is 16.8 Å². The molecule has 0 spiro atoms. The van der Waals surface area contributed by atoms with Gasteiger partial charge in [0.2, 0.25) is 0 Å². The summed E-state index contributed by atoms with van der Waals surface area (Å²) < 4.78 is 0. The number of carbonyl (C=O) groups excluding carboxylic acids is 1. The number of aliphatic carboxylic acids is 1. The highest BCUT2D eigenvalue weighted by Gasteiger charge is 2.23. The molecule has 0 radical (unpaired) electrons. The van der Waals surface area contributed by atoms with Crippen LogP contribution in [0.5, 0.6) is 0 Å². The van der Waals surface area contributed by atoms with Crippen LogP contribution in [0, 0.1) is 25.7 Å². The molecule has 1 aromatic carbocycles. The monoisotopic (exact) mass is 292 g/mol. The van der Waals surface area contributed by atoms with E-state index in [2.05, 4.69) is 5.32 Å². The zero-order valence-electron chi connectivity index (χ0n) is 13.3. The predicted octanol–water partition coefficient (Wildman–Crippen LogP) is 2.81. The van der Waals surface area contributed by atoms with Gasteiger partial charge in [-0.3, -0.25) is 9.69 Å². The maximum absolute atomic E-state index is 12.1. The highest BCUT2D eigenvalue weighted by atomic mass is 16.4. The zero-order chi connectivity index (χ0) is 16.2. The van der Waals surface area contributed by atoms with Crippen LogP contribution in [-0.2, 0) is 4.79 Å². The Balaban J connectivity index is 2.72. The van der Waals surface area contributed by atoms with Crippen LogP contribution in [0.15, 0.2) is 18.2 Å². The van der Waals surface area contributed by atoms with E-state index in [9.17, 15) is 9.59 Å². The first-order valence-electron chi connectivity index (χ1n) is 7.05. The maximum atomic E-state index is 12.1. The van der Waals surface area contributed by atoms with E-state index in [1.165, 1.54) is 4.90 Å². The lowest BCUT2D eigenvalue weighted by atomic mass is 9.96. The molecule has 5 nitrogen and oxygen atoms in total. The Labute approximate surface area is 126 Å². The number of hydrogen-bond acceptors (Lipinski definition) is 2. The van der Waals surface area contributed by atoms with Crippen LogP contribution < -0.4 is 10.2 Å². The Morgan fingerprint density at radius 3 is 2.14 bits per heavy atom. The van der Waals surface area contributed by atoms with Gasteiger partial charge in [0.25, 0.3) is 0 Å². The molecule has 0 saturated heterocycles. The minimum Gasteiger partial charge on any atom is -0.481 e. The molecule has 1 aromatic rings. The summed E-state index contributed by atoms with van der Waals surface area (Å²) in [5.41, 5.74) is 2.95. The third kappa shape index (κ3) is 4.77. The number of aryl methyl sites for hydroxylation is 2. The van der Waals surface area contributed by atoms with Crippen molar-refractivity contribution < 1.29 is 14.7 Å². The Bertz CT molecular complexity index is 506. The highest BCUT2D eigenvalue weighted by Crippen LogP contribution is 2.18. The molecule has 0 aliphatic carbocycles. The summed E-state index contributed by atoms with van der Waals surface area (Å²) in [5, 5.41) is 11.8. The minimum atomic E-state index is -0.889. The molecule has 2 N–H and O–H groups in total. The first-order valence-corrected chi connectivity index (χ1v) is 7.05. The van der Waals surface area contributed by atoms with Gasteiger partial charge in [-0.25, -0.2) is 4.79 Å². The number of rotatable bonds is 5. The fourth-order valence-corrected chi connectivity index (χ4v) is 2.19. The van der Waals surface area contributed by atoms with E-state index in [1.54, 1.807) is 7.05 Å². The van der Waals surface area contributed by atoms with Gasteiger partial charge >= 0.3 is 12.0 Å². The van der Waals surface area contributed by atoms with E-state index in [-0.39, 0.29) is 18.5 Å². The number of urea groups is 1. The van der Waals surface area contributed by atoms with Gasteiger partial charge in [-0.05, 0) is 43.0 Å². The van der Waals surface area contributed by atoms with Gasteiger partial charge in [0.05, 0.1) is 5.92 Å². The van der Waals surface area contributed by atoms with E-state index in [1.807, 2.05) is 45.9 Å². The van der Waals surface area contributed by atoms with E-state index in [4.69, 9.17) is 5.11 Å². The van der Waals surface area contributed by atoms with Gasteiger partial charge in [0, 0.05) is 19.3 Å². The third-order valence-corrected chi connectivity index (χ3v) is 3.49. The van der Waals surface area contributed by atoms with Crippen molar-refractivity contribution in [2.75, 3.05) is 18.5 Å².